The molecule has 0 aromatic carbocycles. The van der Waals surface area contributed by atoms with Crippen LogP contribution in [-0.4, -0.2) is 56.3 Å². The van der Waals surface area contributed by atoms with Gasteiger partial charge in [0.05, 0.1) is 6.54 Å². The summed E-state index contributed by atoms with van der Waals surface area (Å²) in [6, 6.07) is 0. The maximum Gasteiger partial charge on any atom is 0.401 e. The Morgan fingerprint density at radius 1 is 1.26 bits per heavy atom. The number of hydrogen-bond acceptors (Lipinski definition) is 2. The maximum absolute atomic E-state index is 12.3. The minimum Gasteiger partial charge on any atom is -0.357 e. The minimum atomic E-state index is -4.10. The summed E-state index contributed by atoms with van der Waals surface area (Å²) in [5.41, 5.74) is 0. The quantitative estimate of drug-likeness (QED) is 0.591. The first-order valence-electron chi connectivity index (χ1n) is 6.76. The van der Waals surface area contributed by atoms with Crippen molar-refractivity contribution in [1.29, 1.82) is 0 Å². The van der Waals surface area contributed by atoms with E-state index < -0.39 is 12.7 Å². The molecule has 1 saturated heterocycles. The molecule has 0 radical (unpaired) electrons. The Hall–Kier alpha value is -0.980. The van der Waals surface area contributed by atoms with Crippen molar-refractivity contribution in [1.82, 2.24) is 15.5 Å². The lowest BCUT2D eigenvalue weighted by molar-refractivity contribution is -0.143. The third-order valence-corrected chi connectivity index (χ3v) is 2.97. The van der Waals surface area contributed by atoms with Crippen molar-refractivity contribution in [2.75, 3.05) is 39.3 Å². The summed E-state index contributed by atoms with van der Waals surface area (Å²) in [5.74, 6) is 0.953. The molecular weight excluding hydrogens is 257 g/mol. The number of alkyl halides is 3. The van der Waals surface area contributed by atoms with Gasteiger partial charge in [-0.1, -0.05) is 0 Å². The van der Waals surface area contributed by atoms with E-state index in [1.54, 1.807) is 0 Å². The standard InChI is InChI=1S/C12H23F3N4/c1-3-16-11(17-4-2)18-7-10-5-6-19(8-10)9-12(13,14)15/h10H,3-9H2,1-2H3,(H2,16,17,18). The zero-order valence-electron chi connectivity index (χ0n) is 11.6. The highest BCUT2D eigenvalue weighted by atomic mass is 19.4. The molecule has 0 saturated carbocycles. The van der Waals surface area contributed by atoms with Gasteiger partial charge in [0, 0.05) is 26.2 Å². The number of nitrogens with zero attached hydrogens (tertiary/aromatic N) is 2. The molecule has 0 bridgehead atoms. The first-order valence-corrected chi connectivity index (χ1v) is 6.76. The number of halogens is 3. The fourth-order valence-electron chi connectivity index (χ4n) is 2.19. The van der Waals surface area contributed by atoms with Gasteiger partial charge in [-0.2, -0.15) is 13.2 Å². The van der Waals surface area contributed by atoms with Crippen molar-refractivity contribution >= 4 is 5.96 Å². The van der Waals surface area contributed by atoms with E-state index in [2.05, 4.69) is 15.6 Å². The Morgan fingerprint density at radius 3 is 2.42 bits per heavy atom. The molecule has 0 spiro atoms. The van der Waals surface area contributed by atoms with Gasteiger partial charge in [0.2, 0.25) is 0 Å². The molecule has 19 heavy (non-hydrogen) atoms. The average molecular weight is 280 g/mol. The fraction of sp³-hybridized carbons (Fsp3) is 0.917. The Morgan fingerprint density at radius 2 is 1.89 bits per heavy atom. The first kappa shape index (κ1) is 16.1. The molecule has 1 aliphatic heterocycles. The molecule has 1 aliphatic rings. The third kappa shape index (κ3) is 6.66. The van der Waals surface area contributed by atoms with Crippen LogP contribution >= 0.6 is 0 Å². The molecule has 0 aromatic heterocycles. The van der Waals surface area contributed by atoms with E-state index in [-0.39, 0.29) is 5.92 Å². The van der Waals surface area contributed by atoms with Gasteiger partial charge in [0.15, 0.2) is 5.96 Å². The van der Waals surface area contributed by atoms with Crippen molar-refractivity contribution in [3.8, 4) is 0 Å². The van der Waals surface area contributed by atoms with Gasteiger partial charge in [-0.3, -0.25) is 9.89 Å². The van der Waals surface area contributed by atoms with Gasteiger partial charge in [-0.15, -0.1) is 0 Å². The molecule has 112 valence electrons. The summed E-state index contributed by atoms with van der Waals surface area (Å²) in [7, 11) is 0. The predicted octanol–water partition coefficient (Wildman–Crippen LogP) is 1.45. The van der Waals surface area contributed by atoms with Gasteiger partial charge in [-0.25, -0.2) is 0 Å². The van der Waals surface area contributed by atoms with Crippen LogP contribution in [0.4, 0.5) is 13.2 Å². The molecule has 0 aromatic rings. The van der Waals surface area contributed by atoms with Crippen LogP contribution in [0, 0.1) is 5.92 Å². The van der Waals surface area contributed by atoms with Gasteiger partial charge in [0.25, 0.3) is 0 Å². The minimum absolute atomic E-state index is 0.217. The highest BCUT2D eigenvalue weighted by Gasteiger charge is 2.34. The molecule has 1 fully saturated rings. The van der Waals surface area contributed by atoms with E-state index in [0.717, 1.165) is 25.5 Å². The Bertz CT molecular complexity index is 283. The van der Waals surface area contributed by atoms with Crippen molar-refractivity contribution in [3.63, 3.8) is 0 Å². The zero-order chi connectivity index (χ0) is 14.3. The van der Waals surface area contributed by atoms with Crippen LogP contribution in [0.1, 0.15) is 20.3 Å². The van der Waals surface area contributed by atoms with Gasteiger partial charge in [0.1, 0.15) is 0 Å². The van der Waals surface area contributed by atoms with Crippen LogP contribution in [0.25, 0.3) is 0 Å². The molecule has 1 unspecified atom stereocenters. The maximum atomic E-state index is 12.3. The lowest BCUT2D eigenvalue weighted by atomic mass is 10.1. The van der Waals surface area contributed by atoms with E-state index in [1.165, 1.54) is 4.90 Å². The van der Waals surface area contributed by atoms with E-state index >= 15 is 0 Å². The number of nitrogens with one attached hydrogen (secondary N) is 2. The highest BCUT2D eigenvalue weighted by Crippen LogP contribution is 2.22. The van der Waals surface area contributed by atoms with E-state index in [4.69, 9.17) is 0 Å². The topological polar surface area (TPSA) is 39.7 Å². The SMILES string of the molecule is CCNC(=NCC1CCN(CC(F)(F)F)C1)NCC. The van der Waals surface area contributed by atoms with Gasteiger partial charge >= 0.3 is 6.18 Å². The van der Waals surface area contributed by atoms with Crippen LogP contribution in [0.15, 0.2) is 4.99 Å². The highest BCUT2D eigenvalue weighted by molar-refractivity contribution is 5.79. The van der Waals surface area contributed by atoms with E-state index in [0.29, 0.717) is 19.6 Å². The van der Waals surface area contributed by atoms with E-state index in [1.807, 2.05) is 13.8 Å². The summed E-state index contributed by atoms with van der Waals surface area (Å²) in [6.45, 7) is 6.27. The van der Waals surface area contributed by atoms with E-state index in [9.17, 15) is 13.2 Å². The van der Waals surface area contributed by atoms with Crippen molar-refractivity contribution in [2.45, 2.75) is 26.4 Å². The molecule has 1 atom stereocenters. The molecule has 1 heterocycles. The van der Waals surface area contributed by atoms with Crippen LogP contribution in [0.3, 0.4) is 0 Å². The second-order valence-corrected chi connectivity index (χ2v) is 4.75. The molecule has 4 nitrogen and oxygen atoms in total. The van der Waals surface area contributed by atoms with Gasteiger partial charge < -0.3 is 10.6 Å². The summed E-state index contributed by atoms with van der Waals surface area (Å²) in [6.07, 6.45) is -3.32. The number of rotatable bonds is 5. The van der Waals surface area contributed by atoms with Crippen LogP contribution in [0.5, 0.6) is 0 Å². The molecule has 2 N–H and O–H groups in total. The average Bonchev–Trinajstić information content (AvgIpc) is 2.72. The van der Waals surface area contributed by atoms with Crippen LogP contribution < -0.4 is 10.6 Å². The monoisotopic (exact) mass is 280 g/mol. The molecule has 0 amide bonds. The summed E-state index contributed by atoms with van der Waals surface area (Å²) in [5, 5.41) is 6.20. The molecule has 7 heteroatoms. The second-order valence-electron chi connectivity index (χ2n) is 4.75. The van der Waals surface area contributed by atoms with Crippen LogP contribution in [0.2, 0.25) is 0 Å². The lowest BCUT2D eigenvalue weighted by Crippen LogP contribution is -2.37. The number of guanidine groups is 1. The summed E-state index contributed by atoms with van der Waals surface area (Å²) < 4.78 is 36.8. The second kappa shape index (κ2) is 7.57. The largest absolute Gasteiger partial charge is 0.401 e. The van der Waals surface area contributed by atoms with Crippen molar-refractivity contribution < 1.29 is 13.2 Å². The smallest absolute Gasteiger partial charge is 0.357 e. The molecule has 1 rings (SSSR count). The Kier molecular flexibility index (Phi) is 6.41. The van der Waals surface area contributed by atoms with Gasteiger partial charge in [-0.05, 0) is 32.7 Å². The number of likely N-dealkylation sites (tertiary alicyclic amines) is 1. The Balaban J connectivity index is 2.36. The zero-order valence-corrected chi connectivity index (χ0v) is 11.6. The van der Waals surface area contributed by atoms with Crippen molar-refractivity contribution in [2.24, 2.45) is 10.9 Å². The van der Waals surface area contributed by atoms with Crippen LogP contribution in [-0.2, 0) is 0 Å². The summed E-state index contributed by atoms with van der Waals surface area (Å²) >= 11 is 0. The Labute approximate surface area is 112 Å². The normalized spacial score (nSPS) is 20.4. The molecule has 0 aliphatic carbocycles. The summed E-state index contributed by atoms with van der Waals surface area (Å²) in [4.78, 5) is 5.86. The number of aliphatic imine (C=N–C) groups is 1. The molecular formula is C12H23F3N4. The third-order valence-electron chi connectivity index (χ3n) is 2.97. The number of hydrogen-bond donors (Lipinski definition) is 2. The first-order chi connectivity index (χ1) is 8.94. The predicted molar refractivity (Wildman–Crippen MR) is 70.3 cm³/mol. The van der Waals surface area contributed by atoms with Crippen molar-refractivity contribution in [3.05, 3.63) is 0 Å². The lowest BCUT2D eigenvalue weighted by Gasteiger charge is -2.17. The fourth-order valence-corrected chi connectivity index (χ4v) is 2.19.